The molecular formula is C28H52N4O2. The Bertz CT molecular complexity index is 667. The molecule has 5 N–H and O–H groups in total. The predicted octanol–water partition coefficient (Wildman–Crippen LogP) is 5.68. The van der Waals surface area contributed by atoms with Crippen molar-refractivity contribution in [2.24, 2.45) is 17.6 Å². The Kier molecular flexibility index (Phi) is 14.4. The van der Waals surface area contributed by atoms with Crippen LogP contribution < -0.4 is 11.5 Å². The molecule has 0 bridgehead atoms. The van der Waals surface area contributed by atoms with E-state index in [4.69, 9.17) is 16.6 Å². The summed E-state index contributed by atoms with van der Waals surface area (Å²) in [5.74, 6) is 0.684. The molecule has 1 aliphatic heterocycles. The van der Waals surface area contributed by atoms with Crippen LogP contribution in [0.3, 0.4) is 0 Å². The number of nitrogens with two attached hydrogens (primary N) is 2. The van der Waals surface area contributed by atoms with Gasteiger partial charge in [0.25, 0.3) is 0 Å². The Morgan fingerprint density at radius 2 is 1.44 bits per heavy atom. The van der Waals surface area contributed by atoms with Crippen molar-refractivity contribution in [2.75, 3.05) is 38.6 Å². The van der Waals surface area contributed by atoms with Gasteiger partial charge in [0.05, 0.1) is 12.2 Å². The zero-order valence-corrected chi connectivity index (χ0v) is 22.6. The van der Waals surface area contributed by atoms with Crippen LogP contribution in [-0.4, -0.2) is 59.3 Å². The fourth-order valence-electron chi connectivity index (χ4n) is 4.96. The van der Waals surface area contributed by atoms with Crippen molar-refractivity contribution in [3.63, 3.8) is 0 Å². The second-order valence-electron chi connectivity index (χ2n) is 10.5. The monoisotopic (exact) mass is 476 g/mol. The second kappa shape index (κ2) is 16.1. The number of para-hydroxylation sites is 1. The Labute approximate surface area is 209 Å². The molecule has 6 heteroatoms. The third kappa shape index (κ3) is 11.7. The van der Waals surface area contributed by atoms with Gasteiger partial charge in [-0.15, -0.1) is 0 Å². The first kappa shape index (κ1) is 30.4. The number of aromatic carboxylic acids is 1. The molecule has 2 atom stereocenters. The zero-order chi connectivity index (χ0) is 25.6. The highest BCUT2D eigenvalue weighted by Crippen LogP contribution is 2.22. The van der Waals surface area contributed by atoms with E-state index in [2.05, 4.69) is 44.4 Å². The maximum Gasteiger partial charge on any atom is 0.337 e. The molecule has 2 unspecified atom stereocenters. The van der Waals surface area contributed by atoms with Crippen molar-refractivity contribution >= 4 is 11.7 Å². The highest BCUT2D eigenvalue weighted by atomic mass is 16.4. The molecule has 1 heterocycles. The SMILES string of the molecule is CCCCC(CC)CN1CN(CC(CC)CCCC)CC(C)(N)C1.Nc1ccccc1C(=O)O. The average molecular weight is 477 g/mol. The molecule has 0 saturated carbocycles. The molecule has 6 nitrogen and oxygen atoms in total. The molecule has 1 saturated heterocycles. The molecular weight excluding hydrogens is 424 g/mol. The lowest BCUT2D eigenvalue weighted by atomic mass is 9.94. The normalized spacial score (nSPS) is 20.9. The van der Waals surface area contributed by atoms with Crippen LogP contribution in [0.15, 0.2) is 24.3 Å². The third-order valence-corrected chi connectivity index (χ3v) is 6.88. The summed E-state index contributed by atoms with van der Waals surface area (Å²) in [4.78, 5) is 15.6. The minimum Gasteiger partial charge on any atom is -0.478 e. The summed E-state index contributed by atoms with van der Waals surface area (Å²) in [6, 6.07) is 6.36. The number of carbonyl (C=O) groups is 1. The number of hydrogen-bond acceptors (Lipinski definition) is 5. The maximum absolute atomic E-state index is 10.3. The van der Waals surface area contributed by atoms with Crippen molar-refractivity contribution in [1.29, 1.82) is 0 Å². The lowest BCUT2D eigenvalue weighted by Gasteiger charge is -2.46. The lowest BCUT2D eigenvalue weighted by molar-refractivity contribution is 0.0182. The van der Waals surface area contributed by atoms with Gasteiger partial charge < -0.3 is 16.6 Å². The van der Waals surface area contributed by atoms with Crippen LogP contribution >= 0.6 is 0 Å². The van der Waals surface area contributed by atoms with Crippen LogP contribution in [0.4, 0.5) is 5.69 Å². The highest BCUT2D eigenvalue weighted by Gasteiger charge is 2.33. The number of carboxylic acids is 1. The summed E-state index contributed by atoms with van der Waals surface area (Å²) < 4.78 is 0. The van der Waals surface area contributed by atoms with E-state index >= 15 is 0 Å². The molecule has 1 aliphatic rings. The van der Waals surface area contributed by atoms with Crippen molar-refractivity contribution in [2.45, 2.75) is 91.5 Å². The molecule has 1 aromatic carbocycles. The van der Waals surface area contributed by atoms with Crippen LogP contribution in [-0.2, 0) is 0 Å². The quantitative estimate of drug-likeness (QED) is 0.317. The molecule has 34 heavy (non-hydrogen) atoms. The topological polar surface area (TPSA) is 95.8 Å². The standard InChI is InChI=1S/C21H45N3.C7H7NO2/c1-6-10-12-19(8-3)14-23-16-21(5,22)17-24(18-23)15-20(9-4)13-11-7-2;8-6-4-2-1-3-5(6)7(9)10/h19-20H,6-18,22H2,1-5H3;1-4H,8H2,(H,9,10). The summed E-state index contributed by atoms with van der Waals surface area (Å²) in [5, 5.41) is 8.49. The summed E-state index contributed by atoms with van der Waals surface area (Å²) in [6.07, 6.45) is 10.7. The Hall–Kier alpha value is -1.63. The number of hydrogen-bond donors (Lipinski definition) is 3. The molecule has 1 aromatic rings. The van der Waals surface area contributed by atoms with Crippen LogP contribution in [0, 0.1) is 11.8 Å². The predicted molar refractivity (Wildman–Crippen MR) is 145 cm³/mol. The second-order valence-corrected chi connectivity index (χ2v) is 10.5. The molecule has 0 amide bonds. The number of benzene rings is 1. The van der Waals surface area contributed by atoms with Crippen LogP contribution in [0.1, 0.15) is 96.3 Å². The van der Waals surface area contributed by atoms with Gasteiger partial charge in [-0.25, -0.2) is 4.79 Å². The molecule has 196 valence electrons. The smallest absolute Gasteiger partial charge is 0.337 e. The number of rotatable bonds is 13. The number of unbranched alkanes of at least 4 members (excludes halogenated alkanes) is 2. The van der Waals surface area contributed by atoms with Gasteiger partial charge in [-0.1, -0.05) is 78.4 Å². The summed E-state index contributed by atoms with van der Waals surface area (Å²) >= 11 is 0. The number of anilines is 1. The van der Waals surface area contributed by atoms with E-state index in [1.807, 2.05) is 0 Å². The number of nitrogen functional groups attached to an aromatic ring is 1. The summed E-state index contributed by atoms with van der Waals surface area (Å²) in [6.45, 7) is 17.2. The molecule has 0 aromatic heterocycles. The van der Waals surface area contributed by atoms with Crippen LogP contribution in [0.5, 0.6) is 0 Å². The Morgan fingerprint density at radius 3 is 1.79 bits per heavy atom. The van der Waals surface area contributed by atoms with Gasteiger partial charge in [-0.05, 0) is 43.7 Å². The van der Waals surface area contributed by atoms with Crippen LogP contribution in [0.2, 0.25) is 0 Å². The van der Waals surface area contributed by atoms with Gasteiger partial charge in [0.15, 0.2) is 0 Å². The molecule has 0 spiro atoms. The van der Waals surface area contributed by atoms with Gasteiger partial charge in [-0.2, -0.15) is 0 Å². The van der Waals surface area contributed by atoms with Crippen molar-refractivity contribution in [1.82, 2.24) is 9.80 Å². The van der Waals surface area contributed by atoms with Crippen LogP contribution in [0.25, 0.3) is 0 Å². The van der Waals surface area contributed by atoms with E-state index in [1.54, 1.807) is 18.2 Å². The van der Waals surface area contributed by atoms with Gasteiger partial charge in [0, 0.05) is 37.4 Å². The largest absolute Gasteiger partial charge is 0.478 e. The molecule has 0 aliphatic carbocycles. The molecule has 0 radical (unpaired) electrons. The van der Waals surface area contributed by atoms with Gasteiger partial charge >= 0.3 is 5.97 Å². The van der Waals surface area contributed by atoms with Crippen molar-refractivity contribution in [3.05, 3.63) is 29.8 Å². The van der Waals surface area contributed by atoms with E-state index in [9.17, 15) is 4.79 Å². The van der Waals surface area contributed by atoms with E-state index in [0.29, 0.717) is 5.69 Å². The van der Waals surface area contributed by atoms with E-state index in [0.717, 1.165) is 31.6 Å². The van der Waals surface area contributed by atoms with Gasteiger partial charge in [0.2, 0.25) is 0 Å². The van der Waals surface area contributed by atoms with Crippen molar-refractivity contribution in [3.8, 4) is 0 Å². The Balaban J connectivity index is 0.000000479. The van der Waals surface area contributed by atoms with E-state index in [-0.39, 0.29) is 11.1 Å². The zero-order valence-electron chi connectivity index (χ0n) is 22.6. The fourth-order valence-corrected chi connectivity index (χ4v) is 4.96. The van der Waals surface area contributed by atoms with Crippen molar-refractivity contribution < 1.29 is 9.90 Å². The molecule has 1 fully saturated rings. The minimum atomic E-state index is -0.988. The minimum absolute atomic E-state index is 0.0651. The Morgan fingerprint density at radius 1 is 0.971 bits per heavy atom. The summed E-state index contributed by atoms with van der Waals surface area (Å²) in [7, 11) is 0. The van der Waals surface area contributed by atoms with Gasteiger partial charge in [-0.3, -0.25) is 9.80 Å². The number of carboxylic acid groups (broad SMARTS) is 1. The third-order valence-electron chi connectivity index (χ3n) is 6.88. The van der Waals surface area contributed by atoms with Gasteiger partial charge in [0.1, 0.15) is 0 Å². The first-order chi connectivity index (χ1) is 16.1. The molecule has 2 rings (SSSR count). The van der Waals surface area contributed by atoms with E-state index in [1.165, 1.54) is 70.5 Å². The highest BCUT2D eigenvalue weighted by molar-refractivity contribution is 5.93. The lowest BCUT2D eigenvalue weighted by Crippen LogP contribution is -2.63. The fraction of sp³-hybridized carbons (Fsp3) is 0.750. The number of nitrogens with zero attached hydrogens (tertiary/aromatic N) is 2. The van der Waals surface area contributed by atoms with E-state index < -0.39 is 5.97 Å². The summed E-state index contributed by atoms with van der Waals surface area (Å²) in [5.41, 5.74) is 12.3. The first-order valence-corrected chi connectivity index (χ1v) is 13.5. The first-order valence-electron chi connectivity index (χ1n) is 13.5. The maximum atomic E-state index is 10.3. The average Bonchev–Trinajstić information content (AvgIpc) is 2.78.